The van der Waals surface area contributed by atoms with Crippen molar-refractivity contribution in [1.29, 1.82) is 0 Å². The van der Waals surface area contributed by atoms with Crippen LogP contribution >= 0.6 is 23.2 Å². The van der Waals surface area contributed by atoms with Crippen LogP contribution in [0.5, 0.6) is 0 Å². The lowest BCUT2D eigenvalue weighted by Crippen LogP contribution is -2.33. The number of nitrogens with two attached hydrogens (primary N) is 1. The van der Waals surface area contributed by atoms with Crippen LogP contribution in [0.15, 0.2) is 18.2 Å². The molecule has 0 spiro atoms. The highest BCUT2D eigenvalue weighted by Crippen LogP contribution is 2.21. The van der Waals surface area contributed by atoms with Gasteiger partial charge in [0.25, 0.3) is 0 Å². The average molecular weight is 247 g/mol. The largest absolute Gasteiger partial charge is 0.351 e. The predicted molar refractivity (Wildman–Crippen MR) is 62.4 cm³/mol. The molecule has 0 fully saturated rings. The fourth-order valence-corrected chi connectivity index (χ4v) is 1.63. The summed E-state index contributed by atoms with van der Waals surface area (Å²) in [5.41, 5.74) is 6.05. The third kappa shape index (κ3) is 3.61. The van der Waals surface area contributed by atoms with Crippen LogP contribution in [0.4, 0.5) is 4.79 Å². The summed E-state index contributed by atoms with van der Waals surface area (Å²) in [6, 6.07) is 4.86. The maximum Gasteiger partial charge on any atom is 0.314 e. The molecular weight excluding hydrogens is 235 g/mol. The first-order valence-electron chi connectivity index (χ1n) is 4.45. The molecule has 1 aromatic carbocycles. The summed E-state index contributed by atoms with van der Waals surface area (Å²) in [6.07, 6.45) is 0.662. The number of likely N-dealkylation sites (N-methyl/N-ethyl adjacent to an activating group) is 1. The van der Waals surface area contributed by atoms with E-state index in [1.807, 2.05) is 6.07 Å². The highest BCUT2D eigenvalue weighted by atomic mass is 35.5. The number of carbonyl (C=O) groups is 1. The van der Waals surface area contributed by atoms with Crippen molar-refractivity contribution in [3.8, 4) is 0 Å². The van der Waals surface area contributed by atoms with E-state index in [-0.39, 0.29) is 0 Å². The van der Waals surface area contributed by atoms with Gasteiger partial charge in [-0.05, 0) is 24.1 Å². The molecule has 5 heteroatoms. The number of primary amides is 1. The zero-order valence-corrected chi connectivity index (χ0v) is 9.85. The molecule has 0 heterocycles. The Labute approximate surface area is 98.8 Å². The van der Waals surface area contributed by atoms with E-state index in [4.69, 9.17) is 28.9 Å². The average Bonchev–Trinajstić information content (AvgIpc) is 2.15. The Bertz CT molecular complexity index is 368. The van der Waals surface area contributed by atoms with E-state index in [1.54, 1.807) is 19.2 Å². The second-order valence-corrected chi connectivity index (χ2v) is 4.09. The molecule has 2 N–H and O–H groups in total. The number of halogens is 2. The first kappa shape index (κ1) is 12.1. The van der Waals surface area contributed by atoms with Crippen LogP contribution in [0.2, 0.25) is 10.0 Å². The lowest BCUT2D eigenvalue weighted by atomic mass is 10.1. The topological polar surface area (TPSA) is 46.3 Å². The van der Waals surface area contributed by atoms with Gasteiger partial charge < -0.3 is 10.6 Å². The maximum atomic E-state index is 10.8. The smallest absolute Gasteiger partial charge is 0.314 e. The number of hydrogen-bond donors (Lipinski definition) is 1. The molecule has 0 radical (unpaired) electrons. The van der Waals surface area contributed by atoms with Crippen LogP contribution in [0.3, 0.4) is 0 Å². The van der Waals surface area contributed by atoms with E-state index in [1.165, 1.54) is 4.90 Å². The number of amides is 2. The molecule has 0 aromatic heterocycles. The van der Waals surface area contributed by atoms with Crippen molar-refractivity contribution in [2.45, 2.75) is 6.42 Å². The van der Waals surface area contributed by atoms with Gasteiger partial charge in [-0.2, -0.15) is 0 Å². The Balaban J connectivity index is 2.62. The minimum atomic E-state index is -0.444. The van der Waals surface area contributed by atoms with Crippen LogP contribution < -0.4 is 5.73 Å². The highest BCUT2D eigenvalue weighted by molar-refractivity contribution is 6.35. The van der Waals surface area contributed by atoms with Gasteiger partial charge in [0, 0.05) is 23.6 Å². The second-order valence-electron chi connectivity index (χ2n) is 3.25. The normalized spacial score (nSPS) is 10.1. The molecule has 1 rings (SSSR count). The number of hydrogen-bond acceptors (Lipinski definition) is 1. The van der Waals surface area contributed by atoms with Crippen molar-refractivity contribution < 1.29 is 4.79 Å². The summed E-state index contributed by atoms with van der Waals surface area (Å²) in [6.45, 7) is 0.538. The van der Waals surface area contributed by atoms with Gasteiger partial charge in [0.1, 0.15) is 0 Å². The van der Waals surface area contributed by atoms with E-state index in [0.29, 0.717) is 23.0 Å². The molecule has 0 aliphatic carbocycles. The summed E-state index contributed by atoms with van der Waals surface area (Å²) >= 11 is 11.7. The van der Waals surface area contributed by atoms with Gasteiger partial charge in [-0.15, -0.1) is 0 Å². The summed E-state index contributed by atoms with van der Waals surface area (Å²) < 4.78 is 0. The molecule has 82 valence electrons. The number of nitrogens with zero attached hydrogens (tertiary/aromatic N) is 1. The van der Waals surface area contributed by atoms with Gasteiger partial charge in [0.15, 0.2) is 0 Å². The van der Waals surface area contributed by atoms with Crippen molar-refractivity contribution in [3.63, 3.8) is 0 Å². The third-order valence-electron chi connectivity index (χ3n) is 2.11. The molecule has 0 aliphatic rings. The van der Waals surface area contributed by atoms with Crippen molar-refractivity contribution >= 4 is 29.2 Å². The van der Waals surface area contributed by atoms with Gasteiger partial charge in [-0.3, -0.25) is 0 Å². The van der Waals surface area contributed by atoms with E-state index in [0.717, 1.165) is 5.56 Å². The van der Waals surface area contributed by atoms with Crippen LogP contribution in [0.1, 0.15) is 5.56 Å². The lowest BCUT2D eigenvalue weighted by Gasteiger charge is -2.14. The van der Waals surface area contributed by atoms with E-state index in [2.05, 4.69) is 0 Å². The van der Waals surface area contributed by atoms with Gasteiger partial charge in [-0.25, -0.2) is 4.79 Å². The number of benzene rings is 1. The fraction of sp³-hybridized carbons (Fsp3) is 0.300. The van der Waals surface area contributed by atoms with Crippen molar-refractivity contribution in [3.05, 3.63) is 33.8 Å². The Morgan fingerprint density at radius 1 is 1.47 bits per heavy atom. The summed E-state index contributed by atoms with van der Waals surface area (Å²) in [5, 5.41) is 1.22. The maximum absolute atomic E-state index is 10.8. The SMILES string of the molecule is CN(CCc1ccc(Cl)cc1Cl)C(N)=O. The van der Waals surface area contributed by atoms with Gasteiger partial charge in [-0.1, -0.05) is 29.3 Å². The Morgan fingerprint density at radius 2 is 2.13 bits per heavy atom. The summed E-state index contributed by atoms with van der Waals surface area (Å²) in [7, 11) is 1.64. The molecule has 0 atom stereocenters. The van der Waals surface area contributed by atoms with Crippen molar-refractivity contribution in [2.75, 3.05) is 13.6 Å². The lowest BCUT2D eigenvalue weighted by molar-refractivity contribution is 0.219. The van der Waals surface area contributed by atoms with Crippen LogP contribution in [0.25, 0.3) is 0 Å². The molecule has 0 unspecified atom stereocenters. The molecule has 0 bridgehead atoms. The first-order valence-corrected chi connectivity index (χ1v) is 5.21. The standard InChI is InChI=1S/C10H12Cl2N2O/c1-14(10(13)15)5-4-7-2-3-8(11)6-9(7)12/h2-3,6H,4-5H2,1H3,(H2,13,15). The van der Waals surface area contributed by atoms with E-state index in [9.17, 15) is 4.79 Å². The first-order chi connectivity index (χ1) is 7.00. The molecular formula is C10H12Cl2N2O. The van der Waals surface area contributed by atoms with Gasteiger partial charge in [0.05, 0.1) is 0 Å². The van der Waals surface area contributed by atoms with Crippen LogP contribution in [-0.4, -0.2) is 24.5 Å². The quantitative estimate of drug-likeness (QED) is 0.876. The second kappa shape index (κ2) is 5.24. The van der Waals surface area contributed by atoms with Gasteiger partial charge >= 0.3 is 6.03 Å². The highest BCUT2D eigenvalue weighted by Gasteiger charge is 2.05. The summed E-state index contributed by atoms with van der Waals surface area (Å²) in [5.74, 6) is 0. The third-order valence-corrected chi connectivity index (χ3v) is 2.69. The number of urea groups is 1. The zero-order valence-electron chi connectivity index (χ0n) is 8.34. The Kier molecular flexibility index (Phi) is 4.24. The van der Waals surface area contributed by atoms with E-state index >= 15 is 0 Å². The molecule has 0 saturated heterocycles. The van der Waals surface area contributed by atoms with Gasteiger partial charge in [0.2, 0.25) is 0 Å². The monoisotopic (exact) mass is 246 g/mol. The van der Waals surface area contributed by atoms with Crippen LogP contribution in [0, 0.1) is 0 Å². The van der Waals surface area contributed by atoms with Crippen molar-refractivity contribution in [1.82, 2.24) is 4.90 Å². The van der Waals surface area contributed by atoms with Crippen LogP contribution in [-0.2, 0) is 6.42 Å². The molecule has 1 aromatic rings. The number of carbonyl (C=O) groups excluding carboxylic acids is 1. The Hall–Kier alpha value is -0.930. The summed E-state index contributed by atoms with van der Waals surface area (Å²) in [4.78, 5) is 12.2. The van der Waals surface area contributed by atoms with Crippen molar-refractivity contribution in [2.24, 2.45) is 5.73 Å². The fourth-order valence-electron chi connectivity index (χ4n) is 1.12. The number of rotatable bonds is 3. The van der Waals surface area contributed by atoms with E-state index < -0.39 is 6.03 Å². The molecule has 3 nitrogen and oxygen atoms in total. The molecule has 0 aliphatic heterocycles. The zero-order chi connectivity index (χ0) is 11.4. The predicted octanol–water partition coefficient (Wildman–Crippen LogP) is 2.55. The minimum Gasteiger partial charge on any atom is -0.351 e. The molecule has 2 amide bonds. The minimum absolute atomic E-state index is 0.444. The Morgan fingerprint density at radius 3 is 2.67 bits per heavy atom. The molecule has 15 heavy (non-hydrogen) atoms. The molecule has 0 saturated carbocycles.